The predicted molar refractivity (Wildman–Crippen MR) is 91.5 cm³/mol. The van der Waals surface area contributed by atoms with Crippen LogP contribution in [0.15, 0.2) is 51.4 Å². The van der Waals surface area contributed by atoms with E-state index >= 15 is 0 Å². The maximum Gasteiger partial charge on any atom is 0.123 e. The third kappa shape index (κ3) is 4.36. The van der Waals surface area contributed by atoms with Crippen molar-refractivity contribution in [3.63, 3.8) is 0 Å². The van der Waals surface area contributed by atoms with E-state index in [9.17, 15) is 4.39 Å². The van der Waals surface area contributed by atoms with E-state index in [1.807, 2.05) is 19.2 Å². The average Bonchev–Trinajstić information content (AvgIpc) is 2.43. The molecule has 2 rings (SSSR count). The van der Waals surface area contributed by atoms with Crippen molar-refractivity contribution in [1.82, 2.24) is 4.90 Å². The van der Waals surface area contributed by atoms with Crippen LogP contribution in [0.5, 0.6) is 0 Å². The molecular weight excluding hydrogens is 399 g/mol. The quantitative estimate of drug-likeness (QED) is 0.779. The van der Waals surface area contributed by atoms with Gasteiger partial charge in [-0.05, 0) is 48.5 Å². The molecule has 0 bridgehead atoms. The third-order valence-electron chi connectivity index (χ3n) is 3.39. The van der Waals surface area contributed by atoms with Crippen LogP contribution >= 0.6 is 31.9 Å². The van der Waals surface area contributed by atoms with Crippen molar-refractivity contribution in [1.29, 1.82) is 0 Å². The lowest BCUT2D eigenvalue weighted by atomic mass is 10.0. The minimum atomic E-state index is -0.248. The highest BCUT2D eigenvalue weighted by molar-refractivity contribution is 9.10. The van der Waals surface area contributed by atoms with Gasteiger partial charge >= 0.3 is 0 Å². The van der Waals surface area contributed by atoms with E-state index in [2.05, 4.69) is 48.9 Å². The third-order valence-corrected chi connectivity index (χ3v) is 4.61. The van der Waals surface area contributed by atoms with Crippen molar-refractivity contribution in [2.24, 2.45) is 5.73 Å². The molecule has 0 aliphatic heterocycles. The minimum Gasteiger partial charge on any atom is -0.329 e. The van der Waals surface area contributed by atoms with Gasteiger partial charge in [0.25, 0.3) is 0 Å². The highest BCUT2D eigenvalue weighted by atomic mass is 79.9. The fourth-order valence-corrected chi connectivity index (χ4v) is 3.31. The maximum absolute atomic E-state index is 13.5. The zero-order valence-corrected chi connectivity index (χ0v) is 14.9. The second kappa shape index (κ2) is 7.49. The molecule has 0 radical (unpaired) electrons. The van der Waals surface area contributed by atoms with Gasteiger partial charge in [-0.1, -0.05) is 44.0 Å². The Morgan fingerprint density at radius 2 is 1.95 bits per heavy atom. The zero-order valence-electron chi connectivity index (χ0n) is 11.7. The standard InChI is InChI=1S/C16H17Br2FN2/c1-21(10-11-3-2-4-12(17)7-11)16(9-20)14-8-13(19)5-6-15(14)18/h2-8,16H,9-10,20H2,1H3. The summed E-state index contributed by atoms with van der Waals surface area (Å²) >= 11 is 6.95. The Balaban J connectivity index is 2.22. The summed E-state index contributed by atoms with van der Waals surface area (Å²) in [6, 6.07) is 12.8. The molecule has 0 heterocycles. The highest BCUT2D eigenvalue weighted by Gasteiger charge is 2.19. The van der Waals surface area contributed by atoms with Crippen LogP contribution in [0.4, 0.5) is 4.39 Å². The summed E-state index contributed by atoms with van der Waals surface area (Å²) in [5.74, 6) is -0.248. The summed E-state index contributed by atoms with van der Waals surface area (Å²) in [7, 11) is 2.00. The number of benzene rings is 2. The zero-order chi connectivity index (χ0) is 15.4. The van der Waals surface area contributed by atoms with Crippen molar-refractivity contribution in [2.75, 3.05) is 13.6 Å². The van der Waals surface area contributed by atoms with Gasteiger partial charge in [0.15, 0.2) is 0 Å². The van der Waals surface area contributed by atoms with Gasteiger partial charge in [-0.2, -0.15) is 0 Å². The highest BCUT2D eigenvalue weighted by Crippen LogP contribution is 2.28. The van der Waals surface area contributed by atoms with Crippen LogP contribution < -0.4 is 5.73 Å². The van der Waals surface area contributed by atoms with E-state index in [-0.39, 0.29) is 11.9 Å². The molecule has 21 heavy (non-hydrogen) atoms. The van der Waals surface area contributed by atoms with Crippen molar-refractivity contribution in [2.45, 2.75) is 12.6 Å². The summed E-state index contributed by atoms with van der Waals surface area (Å²) in [4.78, 5) is 2.13. The molecule has 5 heteroatoms. The number of halogens is 3. The SMILES string of the molecule is CN(Cc1cccc(Br)c1)C(CN)c1cc(F)ccc1Br. The number of rotatable bonds is 5. The second-order valence-corrected chi connectivity index (χ2v) is 6.73. The van der Waals surface area contributed by atoms with Crippen LogP contribution in [0.1, 0.15) is 17.2 Å². The molecule has 2 aromatic rings. The molecule has 0 aliphatic rings. The molecule has 2 nitrogen and oxygen atoms in total. The summed E-state index contributed by atoms with van der Waals surface area (Å²) < 4.78 is 15.4. The first kappa shape index (κ1) is 16.6. The van der Waals surface area contributed by atoms with Crippen LogP contribution in [0.25, 0.3) is 0 Å². The molecule has 2 N–H and O–H groups in total. The van der Waals surface area contributed by atoms with E-state index in [0.29, 0.717) is 6.54 Å². The molecule has 112 valence electrons. The van der Waals surface area contributed by atoms with Crippen molar-refractivity contribution < 1.29 is 4.39 Å². The summed E-state index contributed by atoms with van der Waals surface area (Å²) in [6.45, 7) is 1.16. The molecule has 0 aromatic heterocycles. The first-order valence-electron chi connectivity index (χ1n) is 6.61. The van der Waals surface area contributed by atoms with Crippen molar-refractivity contribution in [3.8, 4) is 0 Å². The van der Waals surface area contributed by atoms with Crippen molar-refractivity contribution >= 4 is 31.9 Å². The summed E-state index contributed by atoms with van der Waals surface area (Å²) in [5.41, 5.74) is 7.96. The lowest BCUT2D eigenvalue weighted by Gasteiger charge is -2.28. The predicted octanol–water partition coefficient (Wildman–Crippen LogP) is 4.48. The minimum absolute atomic E-state index is 0.0472. The Morgan fingerprint density at radius 3 is 2.62 bits per heavy atom. The molecule has 1 unspecified atom stereocenters. The Labute approximate surface area is 141 Å². The Bertz CT molecular complexity index is 619. The molecule has 0 fully saturated rings. The average molecular weight is 416 g/mol. The van der Waals surface area contributed by atoms with Gasteiger partial charge in [-0.3, -0.25) is 4.90 Å². The first-order chi connectivity index (χ1) is 10.0. The second-order valence-electron chi connectivity index (χ2n) is 4.96. The van der Waals surface area contributed by atoms with Crippen LogP contribution in [-0.2, 0) is 6.54 Å². The van der Waals surface area contributed by atoms with E-state index in [1.54, 1.807) is 12.1 Å². The monoisotopic (exact) mass is 414 g/mol. The van der Waals surface area contributed by atoms with Gasteiger partial charge in [0.1, 0.15) is 5.82 Å². The van der Waals surface area contributed by atoms with Gasteiger partial charge in [0.2, 0.25) is 0 Å². The number of hydrogen-bond donors (Lipinski definition) is 1. The lowest BCUT2D eigenvalue weighted by molar-refractivity contribution is 0.240. The van der Waals surface area contributed by atoms with E-state index in [4.69, 9.17) is 5.73 Å². The molecule has 0 spiro atoms. The number of hydrogen-bond acceptors (Lipinski definition) is 2. The molecule has 0 aliphatic carbocycles. The lowest BCUT2D eigenvalue weighted by Crippen LogP contribution is -2.30. The summed E-state index contributed by atoms with van der Waals surface area (Å²) in [6.07, 6.45) is 0. The van der Waals surface area contributed by atoms with E-state index in [1.165, 1.54) is 11.6 Å². The molecule has 1 atom stereocenters. The molecular formula is C16H17Br2FN2. The van der Waals surface area contributed by atoms with Crippen LogP contribution in [-0.4, -0.2) is 18.5 Å². The van der Waals surface area contributed by atoms with Crippen LogP contribution in [0, 0.1) is 5.82 Å². The largest absolute Gasteiger partial charge is 0.329 e. The van der Waals surface area contributed by atoms with Crippen LogP contribution in [0.3, 0.4) is 0 Å². The fraction of sp³-hybridized carbons (Fsp3) is 0.250. The Kier molecular flexibility index (Phi) is 5.93. The Morgan fingerprint density at radius 1 is 1.19 bits per heavy atom. The fourth-order valence-electron chi connectivity index (χ4n) is 2.35. The molecule has 0 saturated carbocycles. The topological polar surface area (TPSA) is 29.3 Å². The smallest absolute Gasteiger partial charge is 0.123 e. The normalized spacial score (nSPS) is 12.7. The van der Waals surface area contributed by atoms with E-state index in [0.717, 1.165) is 21.1 Å². The van der Waals surface area contributed by atoms with Gasteiger partial charge in [0, 0.05) is 28.1 Å². The Hall–Kier alpha value is -0.750. The first-order valence-corrected chi connectivity index (χ1v) is 8.19. The van der Waals surface area contributed by atoms with Gasteiger partial charge in [0.05, 0.1) is 0 Å². The number of nitrogens with zero attached hydrogens (tertiary/aromatic N) is 1. The maximum atomic E-state index is 13.5. The number of likely N-dealkylation sites (N-methyl/N-ethyl adjacent to an activating group) is 1. The van der Waals surface area contributed by atoms with Crippen molar-refractivity contribution in [3.05, 3.63) is 68.4 Å². The van der Waals surface area contributed by atoms with Gasteiger partial charge in [-0.15, -0.1) is 0 Å². The molecule has 0 amide bonds. The van der Waals surface area contributed by atoms with Gasteiger partial charge < -0.3 is 5.73 Å². The van der Waals surface area contributed by atoms with Crippen LogP contribution in [0.2, 0.25) is 0 Å². The summed E-state index contributed by atoms with van der Waals surface area (Å²) in [5, 5.41) is 0. The van der Waals surface area contributed by atoms with Gasteiger partial charge in [-0.25, -0.2) is 4.39 Å². The number of nitrogens with two attached hydrogens (primary N) is 1. The molecule has 0 saturated heterocycles. The molecule has 2 aromatic carbocycles. The van der Waals surface area contributed by atoms with E-state index < -0.39 is 0 Å².